The fourth-order valence-electron chi connectivity index (χ4n) is 4.79. The second kappa shape index (κ2) is 8.92. The summed E-state index contributed by atoms with van der Waals surface area (Å²) in [6, 6.07) is 2.47. The van der Waals surface area contributed by atoms with Crippen LogP contribution in [0, 0.1) is 11.3 Å². The number of halogens is 3. The van der Waals surface area contributed by atoms with Gasteiger partial charge in [0, 0.05) is 0 Å². The van der Waals surface area contributed by atoms with Crippen LogP contribution in [0.15, 0.2) is 18.2 Å². The van der Waals surface area contributed by atoms with Gasteiger partial charge in [-0.25, -0.2) is 9.69 Å². The molecule has 14 heteroatoms. The highest BCUT2D eigenvalue weighted by Gasteiger charge is 2.95. The van der Waals surface area contributed by atoms with Crippen LogP contribution in [-0.2, 0) is 43.5 Å². The van der Waals surface area contributed by atoms with Crippen LogP contribution in [0.4, 0.5) is 23.7 Å². The van der Waals surface area contributed by atoms with Gasteiger partial charge in [0.1, 0.15) is 22.7 Å². The Morgan fingerprint density at radius 3 is 2.05 bits per heavy atom. The maximum absolute atomic E-state index is 14.0. The number of alkyl halides is 3. The second-order valence-corrected chi connectivity index (χ2v) is 9.13. The summed E-state index contributed by atoms with van der Waals surface area (Å²) in [5.74, 6) is -8.10. The second-order valence-electron chi connectivity index (χ2n) is 9.13. The number of methoxy groups -OCH3 is 2. The van der Waals surface area contributed by atoms with Gasteiger partial charge >= 0.3 is 30.4 Å². The van der Waals surface area contributed by atoms with E-state index < -0.39 is 69.9 Å². The molecule has 202 valence electrons. The molecule has 2 atom stereocenters. The van der Waals surface area contributed by atoms with Gasteiger partial charge in [0.05, 0.1) is 26.5 Å². The van der Waals surface area contributed by atoms with E-state index in [0.29, 0.717) is 11.0 Å². The van der Waals surface area contributed by atoms with Crippen LogP contribution in [0.25, 0.3) is 0 Å². The van der Waals surface area contributed by atoms with Gasteiger partial charge in [0.2, 0.25) is 5.91 Å². The monoisotopic (exact) mass is 531 g/mol. The van der Waals surface area contributed by atoms with Crippen molar-refractivity contribution in [2.45, 2.75) is 45.1 Å². The molecule has 11 nitrogen and oxygen atoms in total. The molecule has 2 aliphatic rings. The summed E-state index contributed by atoms with van der Waals surface area (Å²) < 4.78 is 62.7. The van der Waals surface area contributed by atoms with E-state index in [1.807, 2.05) is 0 Å². The lowest BCUT2D eigenvalue weighted by molar-refractivity contribution is -0.274. The van der Waals surface area contributed by atoms with Gasteiger partial charge in [-0.05, 0) is 51.5 Å². The summed E-state index contributed by atoms with van der Waals surface area (Å²) in [6.45, 7) is 5.66. The SMILES string of the molecule is CCOC(=O)[C@@H]1C(C(=O)OC)(C(=O)OC)[C@]12C(=O)N(C(=O)OC(C)(C)C)c1ccc(OC(F)(F)F)cc12. The first-order valence-electron chi connectivity index (χ1n) is 10.9. The van der Waals surface area contributed by atoms with Gasteiger partial charge in [-0.3, -0.25) is 19.2 Å². The Bertz CT molecular complexity index is 1160. The minimum atomic E-state index is -5.15. The van der Waals surface area contributed by atoms with E-state index >= 15 is 0 Å². The first-order chi connectivity index (χ1) is 17.0. The number of carbonyl (C=O) groups excluding carboxylic acids is 5. The number of fused-ring (bicyclic) bond motifs is 2. The van der Waals surface area contributed by atoms with E-state index in [1.54, 1.807) is 0 Å². The van der Waals surface area contributed by atoms with Crippen molar-refractivity contribution in [3.8, 4) is 5.75 Å². The lowest BCUT2D eigenvalue weighted by Gasteiger charge is -2.24. The summed E-state index contributed by atoms with van der Waals surface area (Å²) in [4.78, 5) is 66.8. The predicted molar refractivity (Wildman–Crippen MR) is 115 cm³/mol. The first kappa shape index (κ1) is 27.7. The maximum Gasteiger partial charge on any atom is 0.573 e. The van der Waals surface area contributed by atoms with Crippen LogP contribution in [0.5, 0.6) is 5.75 Å². The zero-order valence-electron chi connectivity index (χ0n) is 20.7. The van der Waals surface area contributed by atoms with Crippen LogP contribution in [0.3, 0.4) is 0 Å². The molecule has 1 aromatic carbocycles. The summed E-state index contributed by atoms with van der Waals surface area (Å²) in [7, 11) is 1.74. The van der Waals surface area contributed by atoms with Gasteiger partial charge in [-0.2, -0.15) is 0 Å². The van der Waals surface area contributed by atoms with E-state index in [9.17, 15) is 37.1 Å². The molecule has 1 heterocycles. The van der Waals surface area contributed by atoms with Crippen molar-refractivity contribution in [1.29, 1.82) is 0 Å². The highest BCUT2D eigenvalue weighted by atomic mass is 19.4. The van der Waals surface area contributed by atoms with Crippen molar-refractivity contribution in [1.82, 2.24) is 0 Å². The predicted octanol–water partition coefficient (Wildman–Crippen LogP) is 2.63. The van der Waals surface area contributed by atoms with E-state index in [-0.39, 0.29) is 12.3 Å². The maximum atomic E-state index is 14.0. The molecule has 1 saturated carbocycles. The molecule has 0 bridgehead atoms. The van der Waals surface area contributed by atoms with E-state index in [2.05, 4.69) is 4.74 Å². The molecule has 1 spiro atoms. The number of hydrogen-bond donors (Lipinski definition) is 0. The standard InChI is InChI=1S/C23H24F3NO10/c1-7-35-15(28)14-21(22(14,17(30)33-5)18(31)34-6)12-10-11(36-23(24,25)26)8-9-13(12)27(16(21)29)19(32)37-20(2,3)4/h8-10,14H,7H2,1-6H3/t14-,21-/m0/s1. The fourth-order valence-corrected chi connectivity index (χ4v) is 4.79. The number of benzene rings is 1. The lowest BCUT2D eigenvalue weighted by Crippen LogP contribution is -2.45. The quantitative estimate of drug-likeness (QED) is 0.317. The smallest absolute Gasteiger partial charge is 0.468 e. The van der Waals surface area contributed by atoms with Crippen LogP contribution in [0.1, 0.15) is 33.3 Å². The van der Waals surface area contributed by atoms with Crippen LogP contribution >= 0.6 is 0 Å². The summed E-state index contributed by atoms with van der Waals surface area (Å²) in [6.07, 6.45) is -6.42. The zero-order valence-corrected chi connectivity index (χ0v) is 20.7. The number of nitrogens with zero attached hydrogens (tertiary/aromatic N) is 1. The minimum Gasteiger partial charge on any atom is -0.468 e. The number of rotatable bonds is 5. The Kier molecular flexibility index (Phi) is 6.69. The average Bonchev–Trinajstić information content (AvgIpc) is 3.35. The molecular weight excluding hydrogens is 507 g/mol. The van der Waals surface area contributed by atoms with Crippen molar-refractivity contribution in [3.05, 3.63) is 23.8 Å². The van der Waals surface area contributed by atoms with Crippen molar-refractivity contribution in [3.63, 3.8) is 0 Å². The van der Waals surface area contributed by atoms with E-state index in [0.717, 1.165) is 26.4 Å². The molecule has 0 N–H and O–H groups in total. The van der Waals surface area contributed by atoms with Gasteiger partial charge < -0.3 is 23.7 Å². The molecule has 37 heavy (non-hydrogen) atoms. The van der Waals surface area contributed by atoms with Gasteiger partial charge in [-0.1, -0.05) is 0 Å². The number of ether oxygens (including phenoxy) is 5. The molecule has 0 aromatic heterocycles. The Morgan fingerprint density at radius 1 is 1.03 bits per heavy atom. The Balaban J connectivity index is 2.38. The Hall–Kier alpha value is -3.84. The molecule has 0 radical (unpaired) electrons. The van der Waals surface area contributed by atoms with E-state index in [4.69, 9.17) is 18.9 Å². The molecule has 1 aliphatic heterocycles. The molecule has 1 fully saturated rings. The highest BCUT2D eigenvalue weighted by molar-refractivity contribution is 6.32. The molecule has 3 rings (SSSR count). The number of anilines is 1. The topological polar surface area (TPSA) is 135 Å². The minimum absolute atomic E-state index is 0.238. The number of hydrogen-bond acceptors (Lipinski definition) is 10. The number of esters is 3. The molecule has 0 unspecified atom stereocenters. The van der Waals surface area contributed by atoms with Crippen molar-refractivity contribution in [2.24, 2.45) is 11.3 Å². The lowest BCUT2D eigenvalue weighted by atomic mass is 9.86. The summed E-state index contributed by atoms with van der Waals surface area (Å²) >= 11 is 0. The third kappa shape index (κ3) is 4.03. The third-order valence-corrected chi connectivity index (χ3v) is 5.93. The summed E-state index contributed by atoms with van der Waals surface area (Å²) in [5, 5.41) is 0. The first-order valence-corrected chi connectivity index (χ1v) is 10.9. The molecule has 1 aromatic rings. The molecular formula is C23H24F3NO10. The largest absolute Gasteiger partial charge is 0.573 e. The van der Waals surface area contributed by atoms with Gasteiger partial charge in [0.15, 0.2) is 5.41 Å². The molecule has 1 aliphatic carbocycles. The number of imide groups is 1. The van der Waals surface area contributed by atoms with Crippen LogP contribution in [0.2, 0.25) is 0 Å². The van der Waals surface area contributed by atoms with E-state index in [1.165, 1.54) is 27.7 Å². The number of carbonyl (C=O) groups is 5. The van der Waals surface area contributed by atoms with Crippen molar-refractivity contribution < 1.29 is 60.8 Å². The van der Waals surface area contributed by atoms with Crippen molar-refractivity contribution in [2.75, 3.05) is 25.7 Å². The zero-order chi connectivity index (χ0) is 28.1. The Labute approximate surface area is 208 Å². The summed E-state index contributed by atoms with van der Waals surface area (Å²) in [5.41, 5.74) is -7.20. The average molecular weight is 531 g/mol. The molecule has 0 saturated heterocycles. The van der Waals surface area contributed by atoms with Crippen LogP contribution in [-0.4, -0.2) is 62.7 Å². The van der Waals surface area contributed by atoms with Gasteiger partial charge in [0.25, 0.3) is 0 Å². The molecule has 2 amide bonds. The number of amides is 2. The van der Waals surface area contributed by atoms with Crippen LogP contribution < -0.4 is 9.64 Å². The normalized spacial score (nSPS) is 21.7. The third-order valence-electron chi connectivity index (χ3n) is 5.93. The van der Waals surface area contributed by atoms with Gasteiger partial charge in [-0.15, -0.1) is 13.2 Å². The van der Waals surface area contributed by atoms with Crippen molar-refractivity contribution >= 4 is 35.6 Å². The highest BCUT2D eigenvalue weighted by Crippen LogP contribution is 2.75. The Morgan fingerprint density at radius 2 is 1.59 bits per heavy atom. The fraction of sp³-hybridized carbons (Fsp3) is 0.522.